The van der Waals surface area contributed by atoms with E-state index in [0.29, 0.717) is 12.3 Å². The quantitative estimate of drug-likeness (QED) is 0.578. The Morgan fingerprint density at radius 1 is 1.27 bits per heavy atom. The minimum Gasteiger partial charge on any atom is -0.212 e. The third-order valence-corrected chi connectivity index (χ3v) is 1.72. The fraction of sp³-hybridized carbons (Fsp3) is 0.800. The smallest absolute Gasteiger partial charge is 0.0985 e. The lowest BCUT2D eigenvalue weighted by molar-refractivity contribution is 0.505. The second-order valence-corrected chi connectivity index (χ2v) is 3.69. The van der Waals surface area contributed by atoms with Crippen molar-refractivity contribution in [2.45, 2.75) is 47.0 Å². The highest BCUT2D eigenvalue weighted by Gasteiger charge is 1.98. The van der Waals surface area contributed by atoms with Gasteiger partial charge in [-0.2, -0.15) is 0 Å². The number of allylic oxidation sites excluding steroid dienone is 2. The Hall–Kier alpha value is -0.330. The molecule has 0 atom stereocenters. The first-order chi connectivity index (χ1) is 5.04. The van der Waals surface area contributed by atoms with Gasteiger partial charge in [-0.05, 0) is 38.2 Å². The summed E-state index contributed by atoms with van der Waals surface area (Å²) in [6, 6.07) is 0. The van der Waals surface area contributed by atoms with Gasteiger partial charge in [-0.15, -0.1) is 0 Å². The molecule has 0 heterocycles. The summed E-state index contributed by atoms with van der Waals surface area (Å²) in [7, 11) is 0. The van der Waals surface area contributed by atoms with Crippen LogP contribution in [0, 0.1) is 5.92 Å². The van der Waals surface area contributed by atoms with Crippen molar-refractivity contribution in [2.75, 3.05) is 0 Å². The van der Waals surface area contributed by atoms with Gasteiger partial charge in [0, 0.05) is 0 Å². The van der Waals surface area contributed by atoms with Crippen LogP contribution in [0.25, 0.3) is 0 Å². The molecule has 0 aromatic heterocycles. The first-order valence-corrected chi connectivity index (χ1v) is 4.36. The minimum atomic E-state index is 0.0747. The highest BCUT2D eigenvalue weighted by molar-refractivity contribution is 5.00. The summed E-state index contributed by atoms with van der Waals surface area (Å²) in [4.78, 5) is 0. The van der Waals surface area contributed by atoms with Gasteiger partial charge in [-0.25, -0.2) is 4.39 Å². The Labute approximate surface area is 69.5 Å². The van der Waals surface area contributed by atoms with E-state index in [1.54, 1.807) is 0 Å². The number of rotatable bonds is 4. The summed E-state index contributed by atoms with van der Waals surface area (Å²) >= 11 is 0. The summed E-state index contributed by atoms with van der Waals surface area (Å²) in [6.45, 7) is 7.98. The van der Waals surface area contributed by atoms with Crippen LogP contribution in [0.15, 0.2) is 11.4 Å². The SMILES string of the molecule is CC(C)=C(F)CCCC(C)C. The van der Waals surface area contributed by atoms with Gasteiger partial charge in [0.2, 0.25) is 0 Å². The zero-order chi connectivity index (χ0) is 8.85. The van der Waals surface area contributed by atoms with Crippen molar-refractivity contribution in [1.82, 2.24) is 0 Å². The molecule has 0 saturated heterocycles. The van der Waals surface area contributed by atoms with Gasteiger partial charge in [-0.3, -0.25) is 0 Å². The van der Waals surface area contributed by atoms with Crippen LogP contribution in [-0.4, -0.2) is 0 Å². The highest BCUT2D eigenvalue weighted by Crippen LogP contribution is 2.15. The van der Waals surface area contributed by atoms with Crippen molar-refractivity contribution in [3.8, 4) is 0 Å². The molecule has 0 aliphatic heterocycles. The molecule has 0 spiro atoms. The maximum Gasteiger partial charge on any atom is 0.0985 e. The molecule has 1 heteroatoms. The molecule has 0 aliphatic carbocycles. The third-order valence-electron chi connectivity index (χ3n) is 1.72. The molecule has 0 N–H and O–H groups in total. The van der Waals surface area contributed by atoms with Gasteiger partial charge in [0.1, 0.15) is 0 Å². The average Bonchev–Trinajstić information content (AvgIpc) is 1.86. The van der Waals surface area contributed by atoms with Gasteiger partial charge in [0.25, 0.3) is 0 Å². The Bertz CT molecular complexity index is 130. The van der Waals surface area contributed by atoms with Crippen LogP contribution < -0.4 is 0 Å². The van der Waals surface area contributed by atoms with Crippen LogP contribution in [0.5, 0.6) is 0 Å². The van der Waals surface area contributed by atoms with Crippen molar-refractivity contribution in [3.63, 3.8) is 0 Å². The standard InChI is InChI=1S/C10H19F/c1-8(2)6-5-7-10(11)9(3)4/h8H,5-7H2,1-4H3. The summed E-state index contributed by atoms with van der Waals surface area (Å²) in [5.41, 5.74) is 0.828. The van der Waals surface area contributed by atoms with E-state index in [1.165, 1.54) is 0 Å². The lowest BCUT2D eigenvalue weighted by Crippen LogP contribution is -1.87. The van der Waals surface area contributed by atoms with Crippen molar-refractivity contribution in [1.29, 1.82) is 0 Å². The summed E-state index contributed by atoms with van der Waals surface area (Å²) in [6.07, 6.45) is 2.73. The van der Waals surface area contributed by atoms with E-state index in [0.717, 1.165) is 18.4 Å². The van der Waals surface area contributed by atoms with Crippen LogP contribution >= 0.6 is 0 Å². The van der Waals surface area contributed by atoms with Gasteiger partial charge in [0.15, 0.2) is 0 Å². The molecule has 0 aromatic rings. The molecule has 0 nitrogen and oxygen atoms in total. The monoisotopic (exact) mass is 158 g/mol. The lowest BCUT2D eigenvalue weighted by Gasteiger charge is -2.03. The molecule has 0 rings (SSSR count). The van der Waals surface area contributed by atoms with Crippen molar-refractivity contribution < 1.29 is 4.39 Å². The van der Waals surface area contributed by atoms with E-state index in [1.807, 2.05) is 13.8 Å². The summed E-state index contributed by atoms with van der Waals surface area (Å²) in [5, 5.41) is 0. The fourth-order valence-electron chi connectivity index (χ4n) is 0.916. The van der Waals surface area contributed by atoms with Crippen molar-refractivity contribution >= 4 is 0 Å². The topological polar surface area (TPSA) is 0 Å². The van der Waals surface area contributed by atoms with Crippen LogP contribution in [0.1, 0.15) is 47.0 Å². The van der Waals surface area contributed by atoms with E-state index in [2.05, 4.69) is 13.8 Å². The van der Waals surface area contributed by atoms with Crippen molar-refractivity contribution in [3.05, 3.63) is 11.4 Å². The Morgan fingerprint density at radius 2 is 1.82 bits per heavy atom. The zero-order valence-corrected chi connectivity index (χ0v) is 8.08. The molecule has 0 radical (unpaired) electrons. The summed E-state index contributed by atoms with van der Waals surface area (Å²) in [5.74, 6) is 0.769. The number of hydrogen-bond acceptors (Lipinski definition) is 0. The first-order valence-electron chi connectivity index (χ1n) is 4.36. The van der Waals surface area contributed by atoms with Crippen LogP contribution in [0.3, 0.4) is 0 Å². The largest absolute Gasteiger partial charge is 0.212 e. The molecule has 66 valence electrons. The van der Waals surface area contributed by atoms with Crippen molar-refractivity contribution in [2.24, 2.45) is 5.92 Å². The molecule has 11 heavy (non-hydrogen) atoms. The maximum atomic E-state index is 12.9. The molecular weight excluding hydrogens is 139 g/mol. The van der Waals surface area contributed by atoms with Gasteiger partial charge < -0.3 is 0 Å². The van der Waals surface area contributed by atoms with Gasteiger partial charge in [-0.1, -0.05) is 20.3 Å². The molecule has 0 bridgehead atoms. The third kappa shape index (κ3) is 6.08. The minimum absolute atomic E-state index is 0.0747. The van der Waals surface area contributed by atoms with E-state index in [-0.39, 0.29) is 5.83 Å². The van der Waals surface area contributed by atoms with Crippen LogP contribution in [0.2, 0.25) is 0 Å². The molecule has 0 fully saturated rings. The maximum absolute atomic E-state index is 12.9. The molecule has 0 amide bonds. The molecular formula is C10H19F. The van der Waals surface area contributed by atoms with Crippen LogP contribution in [0.4, 0.5) is 4.39 Å². The Kier molecular flexibility index (Phi) is 5.18. The predicted molar refractivity (Wildman–Crippen MR) is 48.2 cm³/mol. The average molecular weight is 158 g/mol. The summed E-state index contributed by atoms with van der Waals surface area (Å²) < 4.78 is 12.9. The Balaban J connectivity index is 3.48. The van der Waals surface area contributed by atoms with E-state index < -0.39 is 0 Å². The molecule has 0 aliphatic rings. The van der Waals surface area contributed by atoms with Gasteiger partial charge >= 0.3 is 0 Å². The second kappa shape index (κ2) is 5.34. The number of hydrogen-bond donors (Lipinski definition) is 0. The molecule has 0 unspecified atom stereocenters. The number of halogens is 1. The molecule has 0 aromatic carbocycles. The lowest BCUT2D eigenvalue weighted by atomic mass is 10.1. The normalized spacial score (nSPS) is 10.4. The highest BCUT2D eigenvalue weighted by atomic mass is 19.1. The molecule has 0 saturated carbocycles. The van der Waals surface area contributed by atoms with E-state index in [9.17, 15) is 4.39 Å². The zero-order valence-electron chi connectivity index (χ0n) is 8.08. The van der Waals surface area contributed by atoms with E-state index in [4.69, 9.17) is 0 Å². The van der Waals surface area contributed by atoms with Crippen LogP contribution in [-0.2, 0) is 0 Å². The Morgan fingerprint density at radius 3 is 2.18 bits per heavy atom. The van der Waals surface area contributed by atoms with Gasteiger partial charge in [0.05, 0.1) is 5.83 Å². The fourth-order valence-corrected chi connectivity index (χ4v) is 0.916. The van der Waals surface area contributed by atoms with E-state index >= 15 is 0 Å². The first kappa shape index (κ1) is 10.7. The predicted octanol–water partition coefficient (Wildman–Crippen LogP) is 4.08. The second-order valence-electron chi connectivity index (χ2n) is 3.69.